The van der Waals surface area contributed by atoms with Crippen LogP contribution in [0.1, 0.15) is 11.1 Å². The van der Waals surface area contributed by atoms with Crippen molar-refractivity contribution in [2.75, 3.05) is 12.4 Å². The van der Waals surface area contributed by atoms with Gasteiger partial charge in [-0.25, -0.2) is 0 Å². The van der Waals surface area contributed by atoms with E-state index in [0.717, 1.165) is 22.0 Å². The molecule has 5 nitrogen and oxygen atoms in total. The Balaban J connectivity index is 1.77. The zero-order chi connectivity index (χ0) is 18.4. The lowest BCUT2D eigenvalue weighted by Crippen LogP contribution is -2.21. The average Bonchev–Trinajstić information content (AvgIpc) is 2.67. The van der Waals surface area contributed by atoms with Gasteiger partial charge in [-0.1, -0.05) is 36.4 Å². The molecular weight excluding hydrogens is 326 g/mol. The van der Waals surface area contributed by atoms with E-state index in [9.17, 15) is 9.59 Å². The van der Waals surface area contributed by atoms with Crippen LogP contribution in [0.25, 0.3) is 17.0 Å². The summed E-state index contributed by atoms with van der Waals surface area (Å²) < 4.78 is 0. The minimum atomic E-state index is -0.254. The lowest BCUT2D eigenvalue weighted by atomic mass is 10.1. The van der Waals surface area contributed by atoms with Crippen LogP contribution in [0.15, 0.2) is 66.9 Å². The second-order valence-corrected chi connectivity index (χ2v) is 5.75. The van der Waals surface area contributed by atoms with Crippen molar-refractivity contribution in [1.82, 2.24) is 10.3 Å². The predicted molar refractivity (Wildman–Crippen MR) is 104 cm³/mol. The van der Waals surface area contributed by atoms with Crippen molar-refractivity contribution in [3.63, 3.8) is 0 Å². The smallest absolute Gasteiger partial charge is 0.248 e. The van der Waals surface area contributed by atoms with E-state index in [-0.39, 0.29) is 18.2 Å². The van der Waals surface area contributed by atoms with Crippen LogP contribution < -0.4 is 10.6 Å². The Morgan fingerprint density at radius 2 is 1.81 bits per heavy atom. The van der Waals surface area contributed by atoms with E-state index in [1.165, 1.54) is 6.08 Å². The molecule has 0 saturated carbocycles. The van der Waals surface area contributed by atoms with Gasteiger partial charge in [0.05, 0.1) is 11.9 Å². The monoisotopic (exact) mass is 345 g/mol. The molecule has 1 aromatic heterocycles. The van der Waals surface area contributed by atoms with E-state index in [2.05, 4.69) is 15.6 Å². The third kappa shape index (κ3) is 4.13. The molecule has 0 bridgehead atoms. The fraction of sp³-hybridized carbons (Fsp3) is 0.0952. The van der Waals surface area contributed by atoms with Gasteiger partial charge in [0.25, 0.3) is 0 Å². The van der Waals surface area contributed by atoms with Crippen LogP contribution in [0.3, 0.4) is 0 Å². The van der Waals surface area contributed by atoms with Crippen LogP contribution in [0.4, 0.5) is 5.69 Å². The maximum atomic E-state index is 12.3. The molecule has 2 N–H and O–H groups in total. The van der Waals surface area contributed by atoms with Gasteiger partial charge in [0.1, 0.15) is 0 Å². The number of carbonyl (C=O) groups excluding carboxylic acids is 2. The van der Waals surface area contributed by atoms with Gasteiger partial charge in [0.2, 0.25) is 11.8 Å². The highest BCUT2D eigenvalue weighted by Crippen LogP contribution is 2.18. The van der Waals surface area contributed by atoms with Gasteiger partial charge >= 0.3 is 0 Å². The summed E-state index contributed by atoms with van der Waals surface area (Å²) in [6.45, 7) is 0. The Bertz CT molecular complexity index is 974. The van der Waals surface area contributed by atoms with Gasteiger partial charge in [0.15, 0.2) is 0 Å². The number of rotatable bonds is 5. The standard InChI is InChI=1S/C21H19N3O2/c1-22-21(26)14-16-6-2-4-8-18(16)24-20(25)11-10-15-12-13-23-19-9-5-3-7-17(15)19/h2-13H,14H2,1H3,(H,22,26)(H,24,25)/b11-10+. The second kappa shape index (κ2) is 8.07. The van der Waals surface area contributed by atoms with Crippen LogP contribution in [-0.4, -0.2) is 23.8 Å². The number of nitrogens with one attached hydrogen (secondary N) is 2. The summed E-state index contributed by atoms with van der Waals surface area (Å²) in [6, 6.07) is 16.9. The highest BCUT2D eigenvalue weighted by molar-refractivity contribution is 6.04. The van der Waals surface area contributed by atoms with Crippen molar-refractivity contribution in [2.24, 2.45) is 0 Å². The van der Waals surface area contributed by atoms with Crippen molar-refractivity contribution in [3.05, 3.63) is 78.0 Å². The zero-order valence-electron chi connectivity index (χ0n) is 14.4. The maximum absolute atomic E-state index is 12.3. The minimum absolute atomic E-state index is 0.106. The third-order valence-corrected chi connectivity index (χ3v) is 4.00. The van der Waals surface area contributed by atoms with Crippen LogP contribution in [-0.2, 0) is 16.0 Å². The average molecular weight is 345 g/mol. The first kappa shape index (κ1) is 17.4. The molecule has 26 heavy (non-hydrogen) atoms. The highest BCUT2D eigenvalue weighted by atomic mass is 16.2. The van der Waals surface area contributed by atoms with E-state index in [1.807, 2.05) is 48.5 Å². The van der Waals surface area contributed by atoms with Crippen molar-refractivity contribution in [3.8, 4) is 0 Å². The van der Waals surface area contributed by atoms with Crippen molar-refractivity contribution < 1.29 is 9.59 Å². The summed E-state index contributed by atoms with van der Waals surface area (Å²) in [5.74, 6) is -0.360. The topological polar surface area (TPSA) is 71.1 Å². The van der Waals surface area contributed by atoms with Crippen molar-refractivity contribution in [2.45, 2.75) is 6.42 Å². The molecule has 0 aliphatic heterocycles. The number of aromatic nitrogens is 1. The first-order valence-electron chi connectivity index (χ1n) is 8.28. The van der Waals surface area contributed by atoms with E-state index in [0.29, 0.717) is 5.69 Å². The van der Waals surface area contributed by atoms with Crippen molar-refractivity contribution in [1.29, 1.82) is 0 Å². The fourth-order valence-corrected chi connectivity index (χ4v) is 2.66. The summed E-state index contributed by atoms with van der Waals surface area (Å²) in [5.41, 5.74) is 3.20. The predicted octanol–water partition coefficient (Wildman–Crippen LogP) is 3.18. The number of benzene rings is 2. The maximum Gasteiger partial charge on any atom is 0.248 e. The molecule has 130 valence electrons. The van der Waals surface area contributed by atoms with Gasteiger partial charge < -0.3 is 10.6 Å². The molecule has 0 radical (unpaired) electrons. The molecular formula is C21H19N3O2. The van der Waals surface area contributed by atoms with E-state index in [1.54, 1.807) is 25.4 Å². The zero-order valence-corrected chi connectivity index (χ0v) is 14.4. The minimum Gasteiger partial charge on any atom is -0.359 e. The number of hydrogen-bond donors (Lipinski definition) is 2. The summed E-state index contributed by atoms with van der Waals surface area (Å²) >= 11 is 0. The van der Waals surface area contributed by atoms with Crippen LogP contribution in [0.5, 0.6) is 0 Å². The lowest BCUT2D eigenvalue weighted by molar-refractivity contribution is -0.120. The molecule has 0 aliphatic carbocycles. The first-order valence-corrected chi connectivity index (χ1v) is 8.28. The normalized spacial score (nSPS) is 10.8. The van der Waals surface area contributed by atoms with Gasteiger partial charge in [-0.3, -0.25) is 14.6 Å². The Kier molecular flexibility index (Phi) is 5.39. The van der Waals surface area contributed by atoms with Crippen LogP contribution in [0, 0.1) is 0 Å². The molecule has 3 rings (SSSR count). The number of carbonyl (C=O) groups is 2. The molecule has 2 aromatic carbocycles. The quantitative estimate of drug-likeness (QED) is 0.698. The number of anilines is 1. The SMILES string of the molecule is CNC(=O)Cc1ccccc1NC(=O)/C=C/c1ccnc2ccccc12. The molecule has 0 saturated heterocycles. The van der Waals surface area contributed by atoms with E-state index in [4.69, 9.17) is 0 Å². The Hall–Kier alpha value is -3.47. The molecule has 0 spiro atoms. The molecule has 0 atom stereocenters. The molecule has 0 aliphatic rings. The number of nitrogens with zero attached hydrogens (tertiary/aromatic N) is 1. The third-order valence-electron chi connectivity index (χ3n) is 4.00. The molecule has 0 fully saturated rings. The number of pyridine rings is 1. The summed E-state index contributed by atoms with van der Waals surface area (Å²) in [5, 5.41) is 6.41. The Morgan fingerprint density at radius 1 is 1.04 bits per heavy atom. The number of fused-ring (bicyclic) bond motifs is 1. The Morgan fingerprint density at radius 3 is 2.65 bits per heavy atom. The molecule has 1 heterocycles. The molecule has 0 unspecified atom stereocenters. The summed E-state index contributed by atoms with van der Waals surface area (Å²) in [4.78, 5) is 28.2. The second-order valence-electron chi connectivity index (χ2n) is 5.75. The van der Waals surface area contributed by atoms with Crippen LogP contribution >= 0.6 is 0 Å². The first-order chi connectivity index (χ1) is 12.7. The number of likely N-dealkylation sites (N-methyl/N-ethyl adjacent to an activating group) is 1. The molecule has 2 amide bonds. The van der Waals surface area contributed by atoms with E-state index >= 15 is 0 Å². The van der Waals surface area contributed by atoms with Crippen LogP contribution in [0.2, 0.25) is 0 Å². The summed E-state index contributed by atoms with van der Waals surface area (Å²) in [7, 11) is 1.59. The van der Waals surface area contributed by atoms with Gasteiger partial charge in [0, 0.05) is 30.4 Å². The number of amides is 2. The van der Waals surface area contributed by atoms with Gasteiger partial charge in [-0.15, -0.1) is 0 Å². The lowest BCUT2D eigenvalue weighted by Gasteiger charge is -2.09. The van der Waals surface area contributed by atoms with Gasteiger partial charge in [-0.2, -0.15) is 0 Å². The largest absolute Gasteiger partial charge is 0.359 e. The molecule has 3 aromatic rings. The summed E-state index contributed by atoms with van der Waals surface area (Å²) in [6.07, 6.45) is 5.18. The molecule has 5 heteroatoms. The number of para-hydroxylation sites is 2. The highest BCUT2D eigenvalue weighted by Gasteiger charge is 2.08. The fourth-order valence-electron chi connectivity index (χ4n) is 2.66. The van der Waals surface area contributed by atoms with E-state index < -0.39 is 0 Å². The number of hydrogen-bond acceptors (Lipinski definition) is 3. The van der Waals surface area contributed by atoms with Gasteiger partial charge in [-0.05, 0) is 35.4 Å². The van der Waals surface area contributed by atoms with Crippen molar-refractivity contribution >= 4 is 34.5 Å². The Labute approximate surface area is 151 Å².